The lowest BCUT2D eigenvalue weighted by molar-refractivity contribution is -0.123. The summed E-state index contributed by atoms with van der Waals surface area (Å²) in [5.74, 6) is 0.784. The van der Waals surface area contributed by atoms with Gasteiger partial charge in [-0.05, 0) is 43.2 Å². The quantitative estimate of drug-likeness (QED) is 0.788. The number of aromatic nitrogens is 2. The molecule has 1 atom stereocenters. The van der Waals surface area contributed by atoms with Gasteiger partial charge in [-0.25, -0.2) is 4.98 Å². The molecule has 1 aromatic carbocycles. The second kappa shape index (κ2) is 8.67. The lowest BCUT2D eigenvalue weighted by Crippen LogP contribution is -2.36. The molecule has 1 unspecified atom stereocenters. The fourth-order valence-corrected chi connectivity index (χ4v) is 4.07. The van der Waals surface area contributed by atoms with Crippen LogP contribution in [0.25, 0.3) is 0 Å². The van der Waals surface area contributed by atoms with Gasteiger partial charge in [-0.3, -0.25) is 9.69 Å². The first-order chi connectivity index (χ1) is 14.6. The van der Waals surface area contributed by atoms with Crippen molar-refractivity contribution < 1.29 is 9.53 Å². The maximum Gasteiger partial charge on any atom is 0.248 e. The molecule has 0 aliphatic carbocycles. The van der Waals surface area contributed by atoms with Crippen molar-refractivity contribution >= 4 is 29.0 Å². The summed E-state index contributed by atoms with van der Waals surface area (Å²) in [4.78, 5) is 25.6. The van der Waals surface area contributed by atoms with Crippen LogP contribution in [0, 0.1) is 16.7 Å². The first-order valence-corrected chi connectivity index (χ1v) is 10.4. The molecule has 2 aliphatic rings. The van der Waals surface area contributed by atoms with Crippen molar-refractivity contribution in [2.24, 2.45) is 5.41 Å². The van der Waals surface area contributed by atoms with E-state index in [1.54, 1.807) is 17.2 Å². The van der Waals surface area contributed by atoms with Crippen LogP contribution in [0.1, 0.15) is 26.2 Å². The van der Waals surface area contributed by atoms with Crippen LogP contribution in [0.2, 0.25) is 0 Å². The number of ether oxygens (including phenoxy) is 1. The van der Waals surface area contributed by atoms with Crippen LogP contribution in [0.5, 0.6) is 0 Å². The van der Waals surface area contributed by atoms with E-state index >= 15 is 0 Å². The van der Waals surface area contributed by atoms with Crippen molar-refractivity contribution in [1.29, 1.82) is 5.26 Å². The number of morpholine rings is 1. The maximum absolute atomic E-state index is 12.9. The molecular weight excluding hydrogens is 380 g/mol. The van der Waals surface area contributed by atoms with E-state index in [9.17, 15) is 10.1 Å². The van der Waals surface area contributed by atoms with Gasteiger partial charge in [0.2, 0.25) is 11.9 Å². The molecule has 0 spiro atoms. The van der Waals surface area contributed by atoms with E-state index in [1.165, 1.54) is 0 Å². The molecule has 0 radical (unpaired) electrons. The number of hydrogen-bond donors (Lipinski definition) is 1. The van der Waals surface area contributed by atoms with Crippen molar-refractivity contribution in [2.45, 2.75) is 26.2 Å². The normalized spacial score (nSPS) is 21.5. The minimum absolute atomic E-state index is 0.161. The summed E-state index contributed by atoms with van der Waals surface area (Å²) in [6.45, 7) is 5.78. The van der Waals surface area contributed by atoms with E-state index in [0.29, 0.717) is 31.2 Å². The average Bonchev–Trinajstić information content (AvgIpc) is 3.12. The van der Waals surface area contributed by atoms with Gasteiger partial charge in [0.05, 0.1) is 19.3 Å². The van der Waals surface area contributed by atoms with Crippen LogP contribution >= 0.6 is 0 Å². The Hall–Kier alpha value is -3.18. The predicted molar refractivity (Wildman–Crippen MR) is 115 cm³/mol. The van der Waals surface area contributed by atoms with Gasteiger partial charge in [-0.15, -0.1) is 0 Å². The number of carbonyl (C=O) groups excluding carboxylic acids is 1. The van der Waals surface area contributed by atoms with Gasteiger partial charge in [0.1, 0.15) is 11.2 Å². The number of hydrogen-bond acceptors (Lipinski definition) is 7. The molecule has 2 saturated heterocycles. The van der Waals surface area contributed by atoms with Crippen molar-refractivity contribution in [3.63, 3.8) is 0 Å². The molecule has 0 bridgehead atoms. The number of amides is 1. The molecule has 2 fully saturated rings. The first-order valence-electron chi connectivity index (χ1n) is 10.4. The molecule has 156 valence electrons. The zero-order valence-corrected chi connectivity index (χ0v) is 17.2. The number of nitriles is 1. The number of nitrogens with one attached hydrogen (secondary N) is 1. The summed E-state index contributed by atoms with van der Waals surface area (Å²) in [6, 6.07) is 12.1. The van der Waals surface area contributed by atoms with Crippen molar-refractivity contribution in [3.8, 4) is 6.07 Å². The van der Waals surface area contributed by atoms with Gasteiger partial charge >= 0.3 is 0 Å². The fourth-order valence-electron chi connectivity index (χ4n) is 4.07. The third-order valence-corrected chi connectivity index (χ3v) is 5.72. The molecular formula is C22H26N6O2. The van der Waals surface area contributed by atoms with E-state index in [0.717, 1.165) is 44.1 Å². The Kier molecular flexibility index (Phi) is 5.81. The lowest BCUT2D eigenvalue weighted by Gasteiger charge is -2.28. The summed E-state index contributed by atoms with van der Waals surface area (Å²) in [7, 11) is 0. The monoisotopic (exact) mass is 406 g/mol. The molecule has 4 rings (SSSR count). The molecule has 1 aromatic heterocycles. The van der Waals surface area contributed by atoms with Gasteiger partial charge in [0, 0.05) is 37.2 Å². The van der Waals surface area contributed by atoms with E-state index in [4.69, 9.17) is 4.74 Å². The van der Waals surface area contributed by atoms with Gasteiger partial charge in [-0.1, -0.05) is 13.3 Å². The molecule has 2 aromatic rings. The summed E-state index contributed by atoms with van der Waals surface area (Å²) in [6.07, 6.45) is 3.53. The highest BCUT2D eigenvalue weighted by Gasteiger charge is 2.47. The first kappa shape index (κ1) is 20.1. The van der Waals surface area contributed by atoms with Gasteiger partial charge < -0.3 is 15.0 Å². The zero-order chi connectivity index (χ0) is 21.0. The second-order valence-corrected chi connectivity index (χ2v) is 7.66. The third-order valence-electron chi connectivity index (χ3n) is 5.72. The van der Waals surface area contributed by atoms with Gasteiger partial charge in [-0.2, -0.15) is 10.2 Å². The van der Waals surface area contributed by atoms with Gasteiger partial charge in [0.25, 0.3) is 0 Å². The van der Waals surface area contributed by atoms with E-state index in [-0.39, 0.29) is 5.91 Å². The minimum Gasteiger partial charge on any atom is -0.378 e. The lowest BCUT2D eigenvalue weighted by atomic mass is 9.83. The Morgan fingerprint density at radius 1 is 1.20 bits per heavy atom. The van der Waals surface area contributed by atoms with E-state index in [2.05, 4.69) is 38.4 Å². The largest absolute Gasteiger partial charge is 0.378 e. The number of anilines is 4. The van der Waals surface area contributed by atoms with Crippen LogP contribution in [-0.2, 0) is 9.53 Å². The Morgan fingerprint density at radius 2 is 1.97 bits per heavy atom. The van der Waals surface area contributed by atoms with Crippen molar-refractivity contribution in [1.82, 2.24) is 9.97 Å². The number of carbonyl (C=O) groups is 1. The molecule has 8 heteroatoms. The molecule has 3 heterocycles. The van der Waals surface area contributed by atoms with Gasteiger partial charge in [0.15, 0.2) is 0 Å². The standard InChI is InChI=1S/C22H26N6O2/c1-2-8-22(16-23)9-11-28(20(22)29)19-7-10-24-21(26-19)25-17-3-5-18(6-4-17)27-12-14-30-15-13-27/h3-7,10H,2,8-9,11-15H2,1H3,(H,24,25,26). The van der Waals surface area contributed by atoms with Crippen molar-refractivity contribution in [2.75, 3.05) is 48.0 Å². The molecule has 1 N–H and O–H groups in total. The highest BCUT2D eigenvalue weighted by Crippen LogP contribution is 2.37. The van der Waals surface area contributed by atoms with Crippen LogP contribution in [0.3, 0.4) is 0 Å². The topological polar surface area (TPSA) is 94.4 Å². The van der Waals surface area contributed by atoms with Crippen LogP contribution in [0.15, 0.2) is 36.5 Å². The summed E-state index contributed by atoms with van der Waals surface area (Å²) < 4.78 is 5.40. The Bertz CT molecular complexity index is 935. The molecule has 8 nitrogen and oxygen atoms in total. The Morgan fingerprint density at radius 3 is 2.67 bits per heavy atom. The highest BCUT2D eigenvalue weighted by atomic mass is 16.5. The van der Waals surface area contributed by atoms with Crippen LogP contribution in [-0.4, -0.2) is 48.7 Å². The van der Waals surface area contributed by atoms with Crippen molar-refractivity contribution in [3.05, 3.63) is 36.5 Å². The SMILES string of the molecule is CCCC1(C#N)CCN(c2ccnc(Nc3ccc(N4CCOCC4)cc3)n2)C1=O. The van der Waals surface area contributed by atoms with E-state index in [1.807, 2.05) is 19.1 Å². The fraction of sp³-hybridized carbons (Fsp3) is 0.455. The highest BCUT2D eigenvalue weighted by molar-refractivity contribution is 6.01. The summed E-state index contributed by atoms with van der Waals surface area (Å²) in [5.41, 5.74) is 1.10. The number of benzene rings is 1. The molecule has 2 aliphatic heterocycles. The second-order valence-electron chi connectivity index (χ2n) is 7.66. The average molecular weight is 406 g/mol. The summed E-state index contributed by atoms with van der Waals surface area (Å²) >= 11 is 0. The molecule has 0 saturated carbocycles. The Labute approximate surface area is 176 Å². The Balaban J connectivity index is 1.46. The number of nitrogens with zero attached hydrogens (tertiary/aromatic N) is 5. The van der Waals surface area contributed by atoms with E-state index < -0.39 is 5.41 Å². The number of rotatable bonds is 6. The maximum atomic E-state index is 12.9. The smallest absolute Gasteiger partial charge is 0.248 e. The van der Waals surface area contributed by atoms with Crippen LogP contribution < -0.4 is 15.1 Å². The summed E-state index contributed by atoms with van der Waals surface area (Å²) in [5, 5.41) is 12.8. The third kappa shape index (κ3) is 3.94. The van der Waals surface area contributed by atoms with Crippen LogP contribution in [0.4, 0.5) is 23.1 Å². The predicted octanol–water partition coefficient (Wildman–Crippen LogP) is 3.10. The minimum atomic E-state index is -0.928. The zero-order valence-electron chi connectivity index (χ0n) is 17.2. The molecule has 1 amide bonds. The molecule has 30 heavy (non-hydrogen) atoms.